The molecule has 0 atom stereocenters. The number of rotatable bonds is 4. The highest BCUT2D eigenvalue weighted by Crippen LogP contribution is 2.35. The van der Waals surface area contributed by atoms with E-state index in [1.54, 1.807) is 36.4 Å². The number of benzene rings is 6. The highest BCUT2D eigenvalue weighted by atomic mass is 32.2. The number of nitrogens with one attached hydrogen (secondary N) is 1. The standard InChI is InChI=1S/C16H14N2O3S.C10H10N2O3S.C6H7N/c17-13-9-10-14(18-11-5-2-1-3-6-11)16-12(13)7-4-8-15(16)22(19,20)21;11-9-3-4-10(12)8-5-6(16(13,14)15)1-2-7(8)9;7-6-4-2-1-3-5-6/h1-10,18H,17H2,(H,19,20,21);1-5H,11-12H2,(H,13,14,15);1-5H,7H2. The minimum Gasteiger partial charge on any atom is -0.399 e. The second-order valence-corrected chi connectivity index (χ2v) is 12.5. The van der Waals surface area contributed by atoms with Gasteiger partial charge in [-0.1, -0.05) is 54.6 Å². The number of hydrogen-bond donors (Lipinski definition) is 7. The van der Waals surface area contributed by atoms with Crippen molar-refractivity contribution in [1.82, 2.24) is 0 Å². The van der Waals surface area contributed by atoms with Gasteiger partial charge in [-0.25, -0.2) is 0 Å². The number of hydrogen-bond acceptors (Lipinski definition) is 9. The Kier molecular flexibility index (Phi) is 9.79. The number of fused-ring (bicyclic) bond motifs is 2. The van der Waals surface area contributed by atoms with Crippen molar-refractivity contribution in [2.24, 2.45) is 0 Å². The number of para-hydroxylation sites is 2. The summed E-state index contributed by atoms with van der Waals surface area (Å²) in [5.74, 6) is 0. The Morgan fingerprint density at radius 2 is 1.07 bits per heavy atom. The Morgan fingerprint density at radius 1 is 0.511 bits per heavy atom. The summed E-state index contributed by atoms with van der Waals surface area (Å²) in [5, 5.41) is 5.26. The first kappa shape index (κ1) is 32.6. The zero-order valence-corrected chi connectivity index (χ0v) is 25.3. The monoisotopic (exact) mass is 645 g/mol. The molecule has 0 amide bonds. The molecule has 0 saturated carbocycles. The summed E-state index contributed by atoms with van der Waals surface area (Å²) in [4.78, 5) is -0.368. The van der Waals surface area contributed by atoms with Crippen LogP contribution in [0.1, 0.15) is 0 Å². The molecule has 6 aromatic rings. The van der Waals surface area contributed by atoms with Gasteiger partial charge < -0.3 is 28.3 Å². The second kappa shape index (κ2) is 13.5. The Bertz CT molecular complexity index is 2180. The SMILES string of the molecule is Nc1ccc(N)c2cc(S(=O)(=O)O)ccc12.Nc1ccc(Nc2ccccc2)c2c(S(=O)(=O)O)cccc12.Nc1ccccc1. The number of nitrogen functional groups attached to an aromatic ring is 4. The topological polar surface area (TPSA) is 225 Å². The van der Waals surface area contributed by atoms with Gasteiger partial charge in [-0.05, 0) is 66.7 Å². The van der Waals surface area contributed by atoms with E-state index in [0.717, 1.165) is 11.4 Å². The van der Waals surface area contributed by atoms with Gasteiger partial charge >= 0.3 is 0 Å². The molecule has 11 N–H and O–H groups in total. The Morgan fingerprint density at radius 3 is 1.62 bits per heavy atom. The van der Waals surface area contributed by atoms with E-state index in [1.165, 1.54) is 24.3 Å². The van der Waals surface area contributed by atoms with E-state index in [9.17, 15) is 21.4 Å². The van der Waals surface area contributed by atoms with Crippen molar-refractivity contribution < 1.29 is 25.9 Å². The highest BCUT2D eigenvalue weighted by Gasteiger charge is 2.18. The molecule has 0 saturated heterocycles. The van der Waals surface area contributed by atoms with Gasteiger partial charge in [0.15, 0.2) is 0 Å². The molecule has 0 radical (unpaired) electrons. The fourth-order valence-corrected chi connectivity index (χ4v) is 5.61. The van der Waals surface area contributed by atoms with Crippen LogP contribution in [0.3, 0.4) is 0 Å². The predicted octanol–water partition coefficient (Wildman–Crippen LogP) is 5.93. The molecular weight excluding hydrogens is 615 g/mol. The van der Waals surface area contributed by atoms with Gasteiger partial charge in [-0.15, -0.1) is 0 Å². The Hall–Kier alpha value is -5.34. The van der Waals surface area contributed by atoms with Crippen molar-refractivity contribution in [3.05, 3.63) is 121 Å². The van der Waals surface area contributed by atoms with Crippen LogP contribution in [0.15, 0.2) is 131 Å². The van der Waals surface area contributed by atoms with Crippen molar-refractivity contribution in [2.45, 2.75) is 9.79 Å². The van der Waals surface area contributed by atoms with Gasteiger partial charge in [-0.2, -0.15) is 16.8 Å². The van der Waals surface area contributed by atoms with E-state index in [2.05, 4.69) is 5.32 Å². The molecule has 0 aliphatic heterocycles. The molecule has 6 rings (SSSR count). The van der Waals surface area contributed by atoms with Crippen LogP contribution < -0.4 is 28.3 Å². The first-order valence-corrected chi connectivity index (χ1v) is 16.1. The molecule has 232 valence electrons. The lowest BCUT2D eigenvalue weighted by atomic mass is 10.1. The number of nitrogens with two attached hydrogens (primary N) is 4. The van der Waals surface area contributed by atoms with E-state index in [0.29, 0.717) is 44.3 Å². The maximum Gasteiger partial charge on any atom is 0.295 e. The summed E-state index contributed by atoms with van der Waals surface area (Å²) in [6, 6.07) is 34.2. The summed E-state index contributed by atoms with van der Waals surface area (Å²) < 4.78 is 63.6. The van der Waals surface area contributed by atoms with Crippen LogP contribution in [0.4, 0.5) is 34.1 Å². The summed E-state index contributed by atoms with van der Waals surface area (Å²) >= 11 is 0. The summed E-state index contributed by atoms with van der Waals surface area (Å²) in [5.41, 5.74) is 26.3. The molecule has 6 aromatic carbocycles. The normalized spacial score (nSPS) is 11.2. The zero-order chi connectivity index (χ0) is 32.8. The quantitative estimate of drug-likeness (QED) is 0.0878. The third kappa shape index (κ3) is 8.19. The van der Waals surface area contributed by atoms with Crippen LogP contribution in [-0.2, 0) is 20.2 Å². The highest BCUT2D eigenvalue weighted by molar-refractivity contribution is 7.86. The minimum absolute atomic E-state index is 0.171. The van der Waals surface area contributed by atoms with Crippen LogP contribution in [0, 0.1) is 0 Å². The maximum atomic E-state index is 11.6. The van der Waals surface area contributed by atoms with Crippen LogP contribution >= 0.6 is 0 Å². The first-order chi connectivity index (χ1) is 21.3. The molecule has 0 spiro atoms. The van der Waals surface area contributed by atoms with E-state index >= 15 is 0 Å². The molecule has 0 aliphatic carbocycles. The van der Waals surface area contributed by atoms with E-state index in [4.69, 9.17) is 27.5 Å². The molecule has 13 heteroatoms. The maximum absolute atomic E-state index is 11.6. The second-order valence-electron chi connectivity index (χ2n) is 9.68. The van der Waals surface area contributed by atoms with E-state index in [-0.39, 0.29) is 9.79 Å². The van der Waals surface area contributed by atoms with Gasteiger partial charge in [0.05, 0.1) is 4.90 Å². The van der Waals surface area contributed by atoms with Gasteiger partial charge in [-0.3, -0.25) is 9.11 Å². The lowest BCUT2D eigenvalue weighted by Gasteiger charge is -2.13. The third-order valence-electron chi connectivity index (χ3n) is 6.52. The molecule has 0 aromatic heterocycles. The van der Waals surface area contributed by atoms with E-state index in [1.807, 2.05) is 60.7 Å². The predicted molar refractivity (Wildman–Crippen MR) is 181 cm³/mol. The fourth-order valence-electron chi connectivity index (χ4n) is 4.38. The molecular formula is C32H31N5O6S2. The van der Waals surface area contributed by atoms with Crippen LogP contribution in [0.2, 0.25) is 0 Å². The van der Waals surface area contributed by atoms with Crippen LogP contribution in [0.25, 0.3) is 21.5 Å². The third-order valence-corrected chi connectivity index (χ3v) is 8.27. The van der Waals surface area contributed by atoms with Gasteiger partial charge in [0, 0.05) is 55.7 Å². The minimum atomic E-state index is -4.36. The Labute approximate surface area is 260 Å². The van der Waals surface area contributed by atoms with E-state index < -0.39 is 20.2 Å². The molecule has 0 heterocycles. The van der Waals surface area contributed by atoms with Gasteiger partial charge in [0.1, 0.15) is 4.90 Å². The molecule has 11 nitrogen and oxygen atoms in total. The average Bonchev–Trinajstić information content (AvgIpc) is 3.01. The fraction of sp³-hybridized carbons (Fsp3) is 0. The molecule has 45 heavy (non-hydrogen) atoms. The smallest absolute Gasteiger partial charge is 0.295 e. The molecule has 0 unspecified atom stereocenters. The number of anilines is 6. The summed E-state index contributed by atoms with van der Waals surface area (Å²) in [6.07, 6.45) is 0. The van der Waals surface area contributed by atoms with Crippen molar-refractivity contribution in [1.29, 1.82) is 0 Å². The molecule has 0 aliphatic rings. The van der Waals surface area contributed by atoms with Crippen molar-refractivity contribution in [3.8, 4) is 0 Å². The average molecular weight is 646 g/mol. The van der Waals surface area contributed by atoms with Crippen LogP contribution in [-0.4, -0.2) is 25.9 Å². The lowest BCUT2D eigenvalue weighted by Crippen LogP contribution is -2.02. The lowest BCUT2D eigenvalue weighted by molar-refractivity contribution is 0.481. The van der Waals surface area contributed by atoms with Crippen LogP contribution in [0.5, 0.6) is 0 Å². The largest absolute Gasteiger partial charge is 0.399 e. The molecule has 0 bridgehead atoms. The molecule has 0 fully saturated rings. The Balaban J connectivity index is 0.000000174. The van der Waals surface area contributed by atoms with Crippen molar-refractivity contribution in [2.75, 3.05) is 28.3 Å². The summed E-state index contributed by atoms with van der Waals surface area (Å²) in [6.45, 7) is 0. The zero-order valence-electron chi connectivity index (χ0n) is 23.7. The van der Waals surface area contributed by atoms with Gasteiger partial charge in [0.25, 0.3) is 20.2 Å². The first-order valence-electron chi connectivity index (χ1n) is 13.2. The van der Waals surface area contributed by atoms with Crippen molar-refractivity contribution >= 4 is 75.9 Å². The van der Waals surface area contributed by atoms with Crippen molar-refractivity contribution in [3.63, 3.8) is 0 Å². The summed E-state index contributed by atoms with van der Waals surface area (Å²) in [7, 11) is -8.58. The van der Waals surface area contributed by atoms with Gasteiger partial charge in [0.2, 0.25) is 0 Å².